The second-order valence-corrected chi connectivity index (χ2v) is 3.04. The molecule has 12 heavy (non-hydrogen) atoms. The summed E-state index contributed by atoms with van der Waals surface area (Å²) in [6.45, 7) is 3.40. The van der Waals surface area contributed by atoms with E-state index in [4.69, 9.17) is 17.3 Å². The Labute approximate surface area is 77.7 Å². The zero-order valence-electron chi connectivity index (χ0n) is 7.10. The van der Waals surface area contributed by atoms with Gasteiger partial charge in [-0.15, -0.1) is 0 Å². The van der Waals surface area contributed by atoms with E-state index in [1.807, 2.05) is 25.1 Å². The second kappa shape index (κ2) is 4.33. The van der Waals surface area contributed by atoms with Gasteiger partial charge in [-0.2, -0.15) is 0 Å². The molecule has 1 rings (SSSR count). The lowest BCUT2D eigenvalue weighted by molar-refractivity contribution is 1.02. The van der Waals surface area contributed by atoms with Crippen molar-refractivity contribution < 1.29 is 0 Å². The average molecular weight is 185 g/mol. The number of rotatable bonds is 3. The van der Waals surface area contributed by atoms with E-state index in [0.717, 1.165) is 22.8 Å². The fourth-order valence-electron chi connectivity index (χ4n) is 1.01. The van der Waals surface area contributed by atoms with Gasteiger partial charge in [-0.3, -0.25) is 0 Å². The van der Waals surface area contributed by atoms with Crippen LogP contribution in [-0.2, 0) is 0 Å². The summed E-state index contributed by atoms with van der Waals surface area (Å²) < 4.78 is 0. The number of nitrogens with two attached hydrogens (primary N) is 1. The molecule has 1 aromatic carbocycles. The van der Waals surface area contributed by atoms with Crippen molar-refractivity contribution in [2.24, 2.45) is 5.73 Å². The van der Waals surface area contributed by atoms with Crippen LogP contribution < -0.4 is 11.1 Å². The van der Waals surface area contributed by atoms with Gasteiger partial charge in [-0.1, -0.05) is 17.7 Å². The van der Waals surface area contributed by atoms with Crippen molar-refractivity contribution >= 4 is 17.3 Å². The minimum Gasteiger partial charge on any atom is -0.384 e. The van der Waals surface area contributed by atoms with Gasteiger partial charge in [0, 0.05) is 23.8 Å². The van der Waals surface area contributed by atoms with Crippen LogP contribution in [0.2, 0.25) is 5.02 Å². The van der Waals surface area contributed by atoms with Crippen LogP contribution in [0.1, 0.15) is 5.56 Å². The van der Waals surface area contributed by atoms with E-state index in [1.54, 1.807) is 0 Å². The summed E-state index contributed by atoms with van der Waals surface area (Å²) in [6, 6.07) is 5.80. The average Bonchev–Trinajstić information content (AvgIpc) is 2.08. The van der Waals surface area contributed by atoms with Crippen molar-refractivity contribution in [1.82, 2.24) is 0 Å². The molecule has 0 saturated carbocycles. The maximum atomic E-state index is 5.92. The lowest BCUT2D eigenvalue weighted by Crippen LogP contribution is -2.13. The van der Waals surface area contributed by atoms with E-state index in [1.165, 1.54) is 0 Å². The molecule has 0 aliphatic rings. The first-order chi connectivity index (χ1) is 5.75. The second-order valence-electron chi connectivity index (χ2n) is 2.63. The fourth-order valence-corrected chi connectivity index (χ4v) is 1.18. The summed E-state index contributed by atoms with van der Waals surface area (Å²) in [6.07, 6.45) is 0. The van der Waals surface area contributed by atoms with Crippen molar-refractivity contribution in [1.29, 1.82) is 0 Å². The van der Waals surface area contributed by atoms with E-state index in [-0.39, 0.29) is 0 Å². The Balaban J connectivity index is 2.78. The maximum absolute atomic E-state index is 5.92. The van der Waals surface area contributed by atoms with Gasteiger partial charge in [0.2, 0.25) is 0 Å². The van der Waals surface area contributed by atoms with Crippen molar-refractivity contribution in [3.8, 4) is 0 Å². The van der Waals surface area contributed by atoms with E-state index < -0.39 is 0 Å². The van der Waals surface area contributed by atoms with Crippen LogP contribution in [0.25, 0.3) is 0 Å². The standard InChI is InChI=1S/C9H13ClN2/c1-7-8(10)3-2-4-9(7)12-6-5-11/h2-4,12H,5-6,11H2,1H3. The molecule has 1 aromatic rings. The molecule has 3 heteroatoms. The van der Waals surface area contributed by atoms with Gasteiger partial charge in [0.1, 0.15) is 0 Å². The zero-order valence-corrected chi connectivity index (χ0v) is 7.86. The van der Waals surface area contributed by atoms with E-state index >= 15 is 0 Å². The first-order valence-corrected chi connectivity index (χ1v) is 4.32. The molecule has 0 unspecified atom stereocenters. The molecule has 0 heterocycles. The van der Waals surface area contributed by atoms with Gasteiger partial charge in [0.25, 0.3) is 0 Å². The normalized spacial score (nSPS) is 9.92. The third-order valence-electron chi connectivity index (χ3n) is 1.73. The Bertz CT molecular complexity index is 261. The summed E-state index contributed by atoms with van der Waals surface area (Å²) in [4.78, 5) is 0. The highest BCUT2D eigenvalue weighted by Crippen LogP contribution is 2.22. The highest BCUT2D eigenvalue weighted by molar-refractivity contribution is 6.31. The molecule has 0 aliphatic carbocycles. The van der Waals surface area contributed by atoms with Gasteiger partial charge in [-0.05, 0) is 24.6 Å². The van der Waals surface area contributed by atoms with Crippen molar-refractivity contribution in [3.05, 3.63) is 28.8 Å². The fraction of sp³-hybridized carbons (Fsp3) is 0.333. The molecule has 0 aliphatic heterocycles. The van der Waals surface area contributed by atoms with Gasteiger partial charge in [0.05, 0.1) is 0 Å². The van der Waals surface area contributed by atoms with Gasteiger partial charge in [-0.25, -0.2) is 0 Å². The number of hydrogen-bond donors (Lipinski definition) is 2. The smallest absolute Gasteiger partial charge is 0.0455 e. The Morgan fingerprint density at radius 3 is 2.92 bits per heavy atom. The number of anilines is 1. The minimum atomic E-state index is 0.631. The summed E-state index contributed by atoms with van der Waals surface area (Å²) in [5, 5.41) is 3.98. The SMILES string of the molecule is Cc1c(Cl)cccc1NCCN. The Hall–Kier alpha value is -0.730. The topological polar surface area (TPSA) is 38.0 Å². The van der Waals surface area contributed by atoms with Crippen molar-refractivity contribution in [2.45, 2.75) is 6.92 Å². The molecule has 0 radical (unpaired) electrons. The number of hydrogen-bond acceptors (Lipinski definition) is 2. The summed E-state index contributed by atoms with van der Waals surface area (Å²) in [5.41, 5.74) is 7.51. The highest BCUT2D eigenvalue weighted by Gasteiger charge is 1.99. The Kier molecular flexibility index (Phi) is 3.38. The quantitative estimate of drug-likeness (QED) is 0.755. The Morgan fingerprint density at radius 2 is 2.25 bits per heavy atom. The van der Waals surface area contributed by atoms with Gasteiger partial charge in [0.15, 0.2) is 0 Å². The third kappa shape index (κ3) is 2.13. The van der Waals surface area contributed by atoms with Crippen LogP contribution in [0.4, 0.5) is 5.69 Å². The molecule has 2 nitrogen and oxygen atoms in total. The van der Waals surface area contributed by atoms with E-state index in [9.17, 15) is 0 Å². The summed E-state index contributed by atoms with van der Waals surface area (Å²) in [5.74, 6) is 0. The van der Waals surface area contributed by atoms with Gasteiger partial charge >= 0.3 is 0 Å². The molecule has 0 fully saturated rings. The molecule has 0 bridgehead atoms. The van der Waals surface area contributed by atoms with Crippen molar-refractivity contribution in [3.63, 3.8) is 0 Å². The predicted octanol–water partition coefficient (Wildman–Crippen LogP) is 2.02. The summed E-state index contributed by atoms with van der Waals surface area (Å²) in [7, 11) is 0. The van der Waals surface area contributed by atoms with Crippen molar-refractivity contribution in [2.75, 3.05) is 18.4 Å². The molecular formula is C9H13ClN2. The van der Waals surface area contributed by atoms with Crippen LogP contribution in [0.3, 0.4) is 0 Å². The van der Waals surface area contributed by atoms with Crippen LogP contribution >= 0.6 is 11.6 Å². The predicted molar refractivity (Wildman–Crippen MR) is 53.7 cm³/mol. The lowest BCUT2D eigenvalue weighted by atomic mass is 10.2. The molecule has 0 aromatic heterocycles. The monoisotopic (exact) mass is 184 g/mol. The first kappa shape index (κ1) is 9.36. The van der Waals surface area contributed by atoms with E-state index in [0.29, 0.717) is 6.54 Å². The molecule has 0 atom stereocenters. The third-order valence-corrected chi connectivity index (χ3v) is 2.14. The van der Waals surface area contributed by atoms with Crippen LogP contribution in [0.15, 0.2) is 18.2 Å². The Morgan fingerprint density at radius 1 is 1.50 bits per heavy atom. The molecule has 66 valence electrons. The molecular weight excluding hydrogens is 172 g/mol. The maximum Gasteiger partial charge on any atom is 0.0455 e. The largest absolute Gasteiger partial charge is 0.384 e. The molecule has 0 saturated heterocycles. The lowest BCUT2D eigenvalue weighted by Gasteiger charge is -2.08. The van der Waals surface area contributed by atoms with Gasteiger partial charge < -0.3 is 11.1 Å². The van der Waals surface area contributed by atoms with Crippen LogP contribution in [-0.4, -0.2) is 13.1 Å². The first-order valence-electron chi connectivity index (χ1n) is 3.94. The molecule has 0 amide bonds. The number of benzene rings is 1. The zero-order chi connectivity index (χ0) is 8.97. The van der Waals surface area contributed by atoms with E-state index in [2.05, 4.69) is 5.32 Å². The minimum absolute atomic E-state index is 0.631. The highest BCUT2D eigenvalue weighted by atomic mass is 35.5. The molecule has 0 spiro atoms. The number of nitrogens with one attached hydrogen (secondary N) is 1. The number of halogens is 1. The van der Waals surface area contributed by atoms with Crippen LogP contribution in [0.5, 0.6) is 0 Å². The van der Waals surface area contributed by atoms with Crippen LogP contribution in [0, 0.1) is 6.92 Å². The summed E-state index contributed by atoms with van der Waals surface area (Å²) >= 11 is 5.92. The molecule has 3 N–H and O–H groups in total.